The van der Waals surface area contributed by atoms with E-state index in [1.165, 1.54) is 128 Å². The molecule has 0 N–H and O–H groups in total. The molecule has 0 amide bonds. The van der Waals surface area contributed by atoms with Crippen LogP contribution in [0.2, 0.25) is 0 Å². The van der Waals surface area contributed by atoms with Crippen LogP contribution < -0.4 is 0 Å². The molecular formula is C26H54. The van der Waals surface area contributed by atoms with Crippen LogP contribution in [0.4, 0.5) is 0 Å². The van der Waals surface area contributed by atoms with Gasteiger partial charge in [0.25, 0.3) is 0 Å². The quantitative estimate of drug-likeness (QED) is 0.177. The third-order valence-corrected chi connectivity index (χ3v) is 6.48. The highest BCUT2D eigenvalue weighted by Crippen LogP contribution is 2.31. The molecule has 0 aromatic carbocycles. The van der Waals surface area contributed by atoms with Crippen molar-refractivity contribution in [2.75, 3.05) is 0 Å². The maximum Gasteiger partial charge on any atom is -0.0386 e. The van der Waals surface area contributed by atoms with Crippen LogP contribution in [0.15, 0.2) is 0 Å². The Kier molecular flexibility index (Phi) is 21.3. The minimum atomic E-state index is 1.01. The molecule has 0 rings (SSSR count). The van der Waals surface area contributed by atoms with E-state index in [1.807, 2.05) is 0 Å². The molecule has 0 heteroatoms. The Balaban J connectivity index is 4.04. The molecule has 0 aromatic rings. The Labute approximate surface area is 168 Å². The molecule has 0 bridgehead atoms. The summed E-state index contributed by atoms with van der Waals surface area (Å²) in [5.74, 6) is 2.04. The van der Waals surface area contributed by atoms with E-state index in [9.17, 15) is 0 Å². The highest BCUT2D eigenvalue weighted by molar-refractivity contribution is 4.70. The zero-order valence-corrected chi connectivity index (χ0v) is 19.3. The zero-order valence-electron chi connectivity index (χ0n) is 19.3. The van der Waals surface area contributed by atoms with Gasteiger partial charge in [0.15, 0.2) is 0 Å². The van der Waals surface area contributed by atoms with Crippen LogP contribution in [0.1, 0.15) is 156 Å². The van der Waals surface area contributed by atoms with Crippen molar-refractivity contribution in [3.63, 3.8) is 0 Å². The maximum atomic E-state index is 2.45. The molecule has 0 fully saturated rings. The molecule has 1 unspecified atom stereocenters. The molecule has 0 nitrogen and oxygen atoms in total. The Morgan fingerprint density at radius 1 is 0.346 bits per heavy atom. The Hall–Kier alpha value is 0. The third kappa shape index (κ3) is 16.2. The summed E-state index contributed by atoms with van der Waals surface area (Å²) < 4.78 is 0. The number of hydrogen-bond acceptors (Lipinski definition) is 0. The molecule has 26 heavy (non-hydrogen) atoms. The van der Waals surface area contributed by atoms with Gasteiger partial charge in [0.2, 0.25) is 0 Å². The highest BCUT2D eigenvalue weighted by atomic mass is 14.2. The summed E-state index contributed by atoms with van der Waals surface area (Å²) in [5.41, 5.74) is 0. The average Bonchev–Trinajstić information content (AvgIpc) is 2.66. The van der Waals surface area contributed by atoms with Crippen LogP contribution >= 0.6 is 0 Å². The van der Waals surface area contributed by atoms with Gasteiger partial charge in [-0.05, 0) is 11.8 Å². The second kappa shape index (κ2) is 21.3. The average molecular weight is 367 g/mol. The normalized spacial score (nSPS) is 12.8. The van der Waals surface area contributed by atoms with Crippen molar-refractivity contribution in [3.8, 4) is 0 Å². The van der Waals surface area contributed by atoms with Crippen molar-refractivity contribution in [1.82, 2.24) is 0 Å². The number of hydrogen-bond donors (Lipinski definition) is 0. The lowest BCUT2D eigenvalue weighted by molar-refractivity contribution is 0.250. The van der Waals surface area contributed by atoms with Crippen molar-refractivity contribution in [2.45, 2.75) is 156 Å². The van der Waals surface area contributed by atoms with Crippen molar-refractivity contribution >= 4 is 0 Å². The first-order valence-electron chi connectivity index (χ1n) is 12.8. The smallest absolute Gasteiger partial charge is 0.0386 e. The summed E-state index contributed by atoms with van der Waals surface area (Å²) in [6, 6.07) is 0. The van der Waals surface area contributed by atoms with Crippen LogP contribution in [0.5, 0.6) is 0 Å². The van der Waals surface area contributed by atoms with Gasteiger partial charge in [-0.2, -0.15) is 0 Å². The van der Waals surface area contributed by atoms with E-state index >= 15 is 0 Å². The van der Waals surface area contributed by atoms with Gasteiger partial charge in [-0.3, -0.25) is 0 Å². The van der Waals surface area contributed by atoms with Crippen LogP contribution in [0, 0.1) is 11.8 Å². The summed E-state index contributed by atoms with van der Waals surface area (Å²) in [6.07, 6.45) is 29.2. The van der Waals surface area contributed by atoms with Gasteiger partial charge in [-0.15, -0.1) is 0 Å². The molecule has 0 spiro atoms. The zero-order chi connectivity index (χ0) is 19.3. The fourth-order valence-electron chi connectivity index (χ4n) is 4.58. The molecule has 0 aliphatic carbocycles. The van der Waals surface area contributed by atoms with Crippen molar-refractivity contribution < 1.29 is 0 Å². The largest absolute Gasteiger partial charge is 0.0654 e. The molecule has 0 saturated heterocycles. The molecule has 0 radical (unpaired) electrons. The fraction of sp³-hybridized carbons (Fsp3) is 1.00. The summed E-state index contributed by atoms with van der Waals surface area (Å²) in [6.45, 7) is 9.43. The molecular weight excluding hydrogens is 312 g/mol. The third-order valence-electron chi connectivity index (χ3n) is 6.48. The Morgan fingerprint density at radius 2 is 0.692 bits per heavy atom. The Morgan fingerprint density at radius 3 is 1.08 bits per heavy atom. The van der Waals surface area contributed by atoms with E-state index in [4.69, 9.17) is 0 Å². The monoisotopic (exact) mass is 366 g/mol. The van der Waals surface area contributed by atoms with E-state index in [2.05, 4.69) is 27.7 Å². The SMILES string of the molecule is CCCCCCCCCC(CCCCCCCCC)C(CC)CCCC. The first-order chi connectivity index (χ1) is 12.8. The topological polar surface area (TPSA) is 0 Å². The molecule has 0 saturated carbocycles. The van der Waals surface area contributed by atoms with Gasteiger partial charge in [0.05, 0.1) is 0 Å². The standard InChI is InChI=1S/C26H54/c1-5-9-12-14-16-18-20-23-26(25(8-4)22-11-7-3)24-21-19-17-15-13-10-6-2/h25-26H,5-24H2,1-4H3. The first kappa shape index (κ1) is 26.0. The predicted molar refractivity (Wildman–Crippen MR) is 122 cm³/mol. The summed E-state index contributed by atoms with van der Waals surface area (Å²) in [5, 5.41) is 0. The number of rotatable bonds is 21. The van der Waals surface area contributed by atoms with Crippen LogP contribution in [-0.2, 0) is 0 Å². The highest BCUT2D eigenvalue weighted by Gasteiger charge is 2.18. The van der Waals surface area contributed by atoms with Crippen molar-refractivity contribution in [1.29, 1.82) is 0 Å². The van der Waals surface area contributed by atoms with Gasteiger partial charge in [0, 0.05) is 0 Å². The van der Waals surface area contributed by atoms with Gasteiger partial charge in [-0.1, -0.05) is 156 Å². The van der Waals surface area contributed by atoms with Gasteiger partial charge >= 0.3 is 0 Å². The molecule has 0 heterocycles. The molecule has 0 aliphatic heterocycles. The second-order valence-corrected chi connectivity index (χ2v) is 8.89. The van der Waals surface area contributed by atoms with Gasteiger partial charge in [-0.25, -0.2) is 0 Å². The summed E-state index contributed by atoms with van der Waals surface area (Å²) in [4.78, 5) is 0. The fourth-order valence-corrected chi connectivity index (χ4v) is 4.58. The molecule has 0 aromatic heterocycles. The molecule has 1 atom stereocenters. The van der Waals surface area contributed by atoms with Crippen molar-refractivity contribution in [2.24, 2.45) is 11.8 Å². The van der Waals surface area contributed by atoms with Crippen LogP contribution in [0.25, 0.3) is 0 Å². The lowest BCUT2D eigenvalue weighted by Crippen LogP contribution is -2.15. The molecule has 0 aliphatic rings. The summed E-state index contributed by atoms with van der Waals surface area (Å²) in [7, 11) is 0. The maximum absolute atomic E-state index is 2.45. The van der Waals surface area contributed by atoms with E-state index < -0.39 is 0 Å². The summed E-state index contributed by atoms with van der Waals surface area (Å²) >= 11 is 0. The van der Waals surface area contributed by atoms with E-state index in [0.29, 0.717) is 0 Å². The Bertz CT molecular complexity index is 226. The minimum Gasteiger partial charge on any atom is -0.0654 e. The van der Waals surface area contributed by atoms with Gasteiger partial charge in [0.1, 0.15) is 0 Å². The van der Waals surface area contributed by atoms with Gasteiger partial charge < -0.3 is 0 Å². The minimum absolute atomic E-state index is 1.01. The lowest BCUT2D eigenvalue weighted by Gasteiger charge is -2.26. The van der Waals surface area contributed by atoms with Crippen LogP contribution in [0.3, 0.4) is 0 Å². The van der Waals surface area contributed by atoms with E-state index in [0.717, 1.165) is 11.8 Å². The molecule has 158 valence electrons. The van der Waals surface area contributed by atoms with E-state index in [-0.39, 0.29) is 0 Å². The second-order valence-electron chi connectivity index (χ2n) is 8.89. The lowest BCUT2D eigenvalue weighted by atomic mass is 9.79. The first-order valence-corrected chi connectivity index (χ1v) is 12.8. The van der Waals surface area contributed by atoms with Crippen molar-refractivity contribution in [3.05, 3.63) is 0 Å². The van der Waals surface area contributed by atoms with E-state index in [1.54, 1.807) is 0 Å². The predicted octanol–water partition coefficient (Wildman–Crippen LogP) is 10.1. The number of unbranched alkanes of at least 4 members (excludes halogenated alkanes) is 13. The van der Waals surface area contributed by atoms with Crippen LogP contribution in [-0.4, -0.2) is 0 Å².